The molecule has 0 atom stereocenters. The Kier molecular flexibility index (Phi) is 3.73. The van der Waals surface area contributed by atoms with Crippen molar-refractivity contribution in [3.05, 3.63) is 106 Å². The number of hydrogen-bond donors (Lipinski definition) is 0. The third-order valence-corrected chi connectivity index (χ3v) is 7.79. The summed E-state index contributed by atoms with van der Waals surface area (Å²) in [7, 11) is 0. The molecule has 0 saturated heterocycles. The normalized spacial score (nSPS) is 16.4. The molecule has 152 valence electrons. The molecule has 4 aromatic carbocycles. The molecule has 1 heteroatoms. The number of benzene rings is 4. The highest BCUT2D eigenvalue weighted by Crippen LogP contribution is 2.52. The van der Waals surface area contributed by atoms with E-state index < -0.39 is 0 Å². The first kappa shape index (κ1) is 18.9. The Bertz CT molecular complexity index is 1390. The van der Waals surface area contributed by atoms with Gasteiger partial charge in [0.1, 0.15) is 0 Å². The van der Waals surface area contributed by atoms with Crippen LogP contribution in [0, 0.1) is 0 Å². The molecular formula is C30H25Cl. The van der Waals surface area contributed by atoms with Gasteiger partial charge in [-0.2, -0.15) is 0 Å². The second-order valence-electron chi connectivity index (χ2n) is 10.0. The highest BCUT2D eigenvalue weighted by atomic mass is 35.5. The molecule has 0 spiro atoms. The molecule has 0 nitrogen and oxygen atoms in total. The Hall–Kier alpha value is -2.83. The van der Waals surface area contributed by atoms with Gasteiger partial charge in [-0.15, -0.1) is 0 Å². The standard InChI is InChI=1S/C30H25Cl/c1-29(2)25-8-6-5-7-21(25)22-12-9-18(15-27(22)29)19-10-13-23-24-17-20(31)11-14-26(24)30(3,4)28(23)16-19/h5-17H,1-4H3. The van der Waals surface area contributed by atoms with Crippen molar-refractivity contribution in [3.8, 4) is 33.4 Å². The van der Waals surface area contributed by atoms with Crippen LogP contribution in [-0.2, 0) is 10.8 Å². The van der Waals surface area contributed by atoms with Crippen molar-refractivity contribution in [1.29, 1.82) is 0 Å². The highest BCUT2D eigenvalue weighted by Gasteiger charge is 2.37. The summed E-state index contributed by atoms with van der Waals surface area (Å²) >= 11 is 6.33. The summed E-state index contributed by atoms with van der Waals surface area (Å²) < 4.78 is 0. The summed E-state index contributed by atoms with van der Waals surface area (Å²) in [4.78, 5) is 0. The van der Waals surface area contributed by atoms with E-state index >= 15 is 0 Å². The molecule has 0 bridgehead atoms. The van der Waals surface area contributed by atoms with Crippen LogP contribution in [0.4, 0.5) is 0 Å². The fraction of sp³-hybridized carbons (Fsp3) is 0.200. The zero-order valence-electron chi connectivity index (χ0n) is 18.4. The van der Waals surface area contributed by atoms with Gasteiger partial charge in [0.2, 0.25) is 0 Å². The number of rotatable bonds is 1. The quantitative estimate of drug-likeness (QED) is 0.289. The number of fused-ring (bicyclic) bond motifs is 6. The van der Waals surface area contributed by atoms with Gasteiger partial charge < -0.3 is 0 Å². The smallest absolute Gasteiger partial charge is 0.0412 e. The molecule has 2 aliphatic rings. The second-order valence-corrected chi connectivity index (χ2v) is 10.4. The minimum absolute atomic E-state index is 0.0188. The van der Waals surface area contributed by atoms with E-state index in [-0.39, 0.29) is 10.8 Å². The first-order valence-corrected chi connectivity index (χ1v) is 11.4. The van der Waals surface area contributed by atoms with Gasteiger partial charge in [-0.3, -0.25) is 0 Å². The first-order chi connectivity index (χ1) is 14.8. The SMILES string of the molecule is CC1(C)c2ccccc2-c2ccc(-c3ccc4c(c3)C(C)(C)c3ccc(Cl)cc3-4)cc21. The molecule has 0 amide bonds. The molecule has 2 aliphatic carbocycles. The van der Waals surface area contributed by atoms with Crippen LogP contribution in [0.5, 0.6) is 0 Å². The van der Waals surface area contributed by atoms with E-state index in [0.29, 0.717) is 0 Å². The Balaban J connectivity index is 1.50. The average Bonchev–Trinajstić information content (AvgIpc) is 3.13. The third kappa shape index (κ3) is 2.49. The lowest BCUT2D eigenvalue weighted by Gasteiger charge is -2.23. The maximum Gasteiger partial charge on any atom is 0.0412 e. The van der Waals surface area contributed by atoms with Gasteiger partial charge in [0.15, 0.2) is 0 Å². The summed E-state index contributed by atoms with van der Waals surface area (Å²) in [6.45, 7) is 9.32. The molecule has 0 unspecified atom stereocenters. The first-order valence-electron chi connectivity index (χ1n) is 11.0. The topological polar surface area (TPSA) is 0 Å². The lowest BCUT2D eigenvalue weighted by molar-refractivity contribution is 0.659. The van der Waals surface area contributed by atoms with Crippen LogP contribution in [0.1, 0.15) is 49.9 Å². The molecule has 4 aromatic rings. The lowest BCUT2D eigenvalue weighted by atomic mass is 9.80. The van der Waals surface area contributed by atoms with Crippen LogP contribution in [0.3, 0.4) is 0 Å². The Morgan fingerprint density at radius 1 is 0.484 bits per heavy atom. The fourth-order valence-corrected chi connectivity index (χ4v) is 5.96. The van der Waals surface area contributed by atoms with E-state index in [1.54, 1.807) is 0 Å². The zero-order valence-corrected chi connectivity index (χ0v) is 19.1. The van der Waals surface area contributed by atoms with Crippen molar-refractivity contribution in [3.63, 3.8) is 0 Å². The van der Waals surface area contributed by atoms with Crippen LogP contribution in [0.15, 0.2) is 78.9 Å². The molecule has 0 aromatic heterocycles. The fourth-order valence-electron chi connectivity index (χ4n) is 5.79. The molecule has 0 fully saturated rings. The van der Waals surface area contributed by atoms with E-state index in [1.165, 1.54) is 55.6 Å². The predicted molar refractivity (Wildman–Crippen MR) is 132 cm³/mol. The molecule has 0 N–H and O–H groups in total. The van der Waals surface area contributed by atoms with Crippen molar-refractivity contribution in [2.45, 2.75) is 38.5 Å². The second kappa shape index (κ2) is 6.11. The van der Waals surface area contributed by atoms with Crippen molar-refractivity contribution >= 4 is 11.6 Å². The summed E-state index contributed by atoms with van der Waals surface area (Å²) in [6, 6.07) is 29.1. The molecule has 0 radical (unpaired) electrons. The van der Waals surface area contributed by atoms with Crippen LogP contribution < -0.4 is 0 Å². The van der Waals surface area contributed by atoms with Crippen molar-refractivity contribution in [1.82, 2.24) is 0 Å². The molecule has 0 heterocycles. The molecule has 6 rings (SSSR count). The van der Waals surface area contributed by atoms with Gasteiger partial charge in [0.25, 0.3) is 0 Å². The van der Waals surface area contributed by atoms with Gasteiger partial charge in [0.05, 0.1) is 0 Å². The molecular weight excluding hydrogens is 396 g/mol. The average molecular weight is 421 g/mol. The van der Waals surface area contributed by atoms with Crippen LogP contribution in [0.25, 0.3) is 33.4 Å². The van der Waals surface area contributed by atoms with E-state index in [0.717, 1.165) is 5.02 Å². The molecule has 0 aliphatic heterocycles. The predicted octanol–water partition coefficient (Wildman–Crippen LogP) is 8.62. The van der Waals surface area contributed by atoms with E-state index in [4.69, 9.17) is 11.6 Å². The maximum absolute atomic E-state index is 6.33. The third-order valence-electron chi connectivity index (χ3n) is 7.55. The Morgan fingerprint density at radius 3 is 1.65 bits per heavy atom. The van der Waals surface area contributed by atoms with Crippen molar-refractivity contribution < 1.29 is 0 Å². The van der Waals surface area contributed by atoms with Crippen molar-refractivity contribution in [2.24, 2.45) is 0 Å². The summed E-state index contributed by atoms with van der Waals surface area (Å²) in [5.74, 6) is 0. The van der Waals surface area contributed by atoms with Crippen LogP contribution in [-0.4, -0.2) is 0 Å². The highest BCUT2D eigenvalue weighted by molar-refractivity contribution is 6.31. The number of halogens is 1. The van der Waals surface area contributed by atoms with Gasteiger partial charge in [-0.25, -0.2) is 0 Å². The van der Waals surface area contributed by atoms with Crippen molar-refractivity contribution in [2.75, 3.05) is 0 Å². The Morgan fingerprint density at radius 2 is 1.00 bits per heavy atom. The van der Waals surface area contributed by atoms with Crippen LogP contribution in [0.2, 0.25) is 5.02 Å². The monoisotopic (exact) mass is 420 g/mol. The Labute approximate surface area is 189 Å². The summed E-state index contributed by atoms with van der Waals surface area (Å²) in [6.07, 6.45) is 0. The maximum atomic E-state index is 6.33. The molecule has 31 heavy (non-hydrogen) atoms. The minimum Gasteiger partial charge on any atom is -0.0843 e. The summed E-state index contributed by atoms with van der Waals surface area (Å²) in [5, 5.41) is 0.798. The minimum atomic E-state index is -0.0303. The lowest BCUT2D eigenvalue weighted by Crippen LogP contribution is -2.15. The number of hydrogen-bond acceptors (Lipinski definition) is 0. The van der Waals surface area contributed by atoms with E-state index in [2.05, 4.69) is 100 Å². The van der Waals surface area contributed by atoms with Gasteiger partial charge in [0, 0.05) is 15.9 Å². The molecule has 0 saturated carbocycles. The van der Waals surface area contributed by atoms with Gasteiger partial charge in [-0.05, 0) is 79.9 Å². The van der Waals surface area contributed by atoms with Gasteiger partial charge in [-0.1, -0.05) is 93.9 Å². The van der Waals surface area contributed by atoms with Crippen LogP contribution >= 0.6 is 11.6 Å². The van der Waals surface area contributed by atoms with E-state index in [1.807, 2.05) is 6.07 Å². The summed E-state index contributed by atoms with van der Waals surface area (Å²) in [5.41, 5.74) is 13.4. The largest absolute Gasteiger partial charge is 0.0843 e. The van der Waals surface area contributed by atoms with Gasteiger partial charge >= 0.3 is 0 Å². The van der Waals surface area contributed by atoms with E-state index in [9.17, 15) is 0 Å². The zero-order chi connectivity index (χ0) is 21.5.